The van der Waals surface area contributed by atoms with Crippen molar-refractivity contribution in [3.05, 3.63) is 77.9 Å². The van der Waals surface area contributed by atoms with Crippen molar-refractivity contribution < 1.29 is 14.3 Å². The number of imidazole rings is 1. The van der Waals surface area contributed by atoms with Gasteiger partial charge in [0.15, 0.2) is 11.5 Å². The van der Waals surface area contributed by atoms with Gasteiger partial charge in [-0.3, -0.25) is 4.79 Å². The Labute approximate surface area is 158 Å². The summed E-state index contributed by atoms with van der Waals surface area (Å²) < 4.78 is 12.8. The van der Waals surface area contributed by atoms with Crippen LogP contribution in [0.2, 0.25) is 0 Å². The number of methoxy groups -OCH3 is 1. The van der Waals surface area contributed by atoms with Crippen molar-refractivity contribution in [2.45, 2.75) is 20.0 Å². The van der Waals surface area contributed by atoms with Gasteiger partial charge in [-0.1, -0.05) is 24.3 Å². The monoisotopic (exact) mass is 365 g/mol. The van der Waals surface area contributed by atoms with Crippen LogP contribution in [-0.4, -0.2) is 29.2 Å². The summed E-state index contributed by atoms with van der Waals surface area (Å²) in [5.74, 6) is 1.02. The maximum Gasteiger partial charge on any atom is 0.251 e. The topological polar surface area (TPSA) is 65.4 Å². The summed E-state index contributed by atoms with van der Waals surface area (Å²) in [6.07, 6.45) is 5.47. The van der Waals surface area contributed by atoms with Crippen molar-refractivity contribution in [3.8, 4) is 11.5 Å². The molecule has 0 unspecified atom stereocenters. The molecule has 140 valence electrons. The van der Waals surface area contributed by atoms with Crippen molar-refractivity contribution in [3.63, 3.8) is 0 Å². The third kappa shape index (κ3) is 4.88. The van der Waals surface area contributed by atoms with Gasteiger partial charge in [0.1, 0.15) is 0 Å². The number of hydrogen-bond acceptors (Lipinski definition) is 4. The van der Waals surface area contributed by atoms with Crippen molar-refractivity contribution >= 4 is 5.91 Å². The fourth-order valence-electron chi connectivity index (χ4n) is 2.80. The standard InChI is InChI=1S/C21H23N3O3/c1-3-27-19-8-7-18(12-20(19)26-2)21(25)23-13-16-5-4-6-17(11-16)14-24-10-9-22-15-24/h4-12,15H,3,13-14H2,1-2H3,(H,23,25). The molecule has 0 aliphatic rings. The summed E-state index contributed by atoms with van der Waals surface area (Å²) >= 11 is 0. The summed E-state index contributed by atoms with van der Waals surface area (Å²) in [4.78, 5) is 16.5. The maximum absolute atomic E-state index is 12.5. The normalized spacial score (nSPS) is 10.4. The molecule has 6 heteroatoms. The van der Waals surface area contributed by atoms with E-state index in [-0.39, 0.29) is 5.91 Å². The first-order chi connectivity index (χ1) is 13.2. The second-order valence-corrected chi connectivity index (χ2v) is 6.04. The fourth-order valence-corrected chi connectivity index (χ4v) is 2.80. The first-order valence-electron chi connectivity index (χ1n) is 8.82. The first-order valence-corrected chi connectivity index (χ1v) is 8.82. The molecule has 0 saturated heterocycles. The van der Waals surface area contributed by atoms with E-state index in [0.717, 1.165) is 17.7 Å². The van der Waals surface area contributed by atoms with E-state index in [9.17, 15) is 4.79 Å². The molecule has 1 amide bonds. The SMILES string of the molecule is CCOc1ccc(C(=O)NCc2cccc(Cn3ccnc3)c2)cc1OC. The number of benzene rings is 2. The highest BCUT2D eigenvalue weighted by Crippen LogP contribution is 2.28. The summed E-state index contributed by atoms with van der Waals surface area (Å²) in [7, 11) is 1.56. The molecular weight excluding hydrogens is 342 g/mol. The molecule has 0 aliphatic heterocycles. The molecule has 0 spiro atoms. The van der Waals surface area contributed by atoms with Crippen LogP contribution in [0.15, 0.2) is 61.2 Å². The molecule has 0 fully saturated rings. The Morgan fingerprint density at radius 3 is 2.74 bits per heavy atom. The zero-order valence-electron chi connectivity index (χ0n) is 15.5. The minimum Gasteiger partial charge on any atom is -0.493 e. The van der Waals surface area contributed by atoms with Gasteiger partial charge in [0, 0.05) is 31.0 Å². The summed E-state index contributed by atoms with van der Waals surface area (Å²) in [6, 6.07) is 13.3. The number of amides is 1. The van der Waals surface area contributed by atoms with Crippen LogP contribution < -0.4 is 14.8 Å². The van der Waals surface area contributed by atoms with Crippen LogP contribution >= 0.6 is 0 Å². The van der Waals surface area contributed by atoms with Crippen LogP contribution in [0, 0.1) is 0 Å². The zero-order valence-corrected chi connectivity index (χ0v) is 15.5. The van der Waals surface area contributed by atoms with Gasteiger partial charge in [-0.05, 0) is 36.2 Å². The molecule has 6 nitrogen and oxygen atoms in total. The van der Waals surface area contributed by atoms with E-state index in [1.165, 1.54) is 0 Å². The third-order valence-electron chi connectivity index (χ3n) is 4.09. The Hall–Kier alpha value is -3.28. The lowest BCUT2D eigenvalue weighted by molar-refractivity contribution is 0.0950. The Balaban J connectivity index is 1.63. The molecule has 1 N–H and O–H groups in total. The average Bonchev–Trinajstić information content (AvgIpc) is 3.20. The molecule has 2 aromatic carbocycles. The van der Waals surface area contributed by atoms with E-state index in [4.69, 9.17) is 9.47 Å². The number of carbonyl (C=O) groups excluding carboxylic acids is 1. The van der Waals surface area contributed by atoms with Gasteiger partial charge < -0.3 is 19.4 Å². The first kappa shape index (κ1) is 18.5. The molecule has 3 aromatic rings. The number of ether oxygens (including phenoxy) is 2. The van der Waals surface area contributed by atoms with Crippen LogP contribution in [0.25, 0.3) is 0 Å². The largest absolute Gasteiger partial charge is 0.493 e. The van der Waals surface area contributed by atoms with E-state index in [1.54, 1.807) is 37.8 Å². The number of carbonyl (C=O) groups is 1. The summed E-state index contributed by atoms with van der Waals surface area (Å²) in [6.45, 7) is 3.64. The lowest BCUT2D eigenvalue weighted by atomic mass is 10.1. The summed E-state index contributed by atoms with van der Waals surface area (Å²) in [5, 5.41) is 2.95. The van der Waals surface area contributed by atoms with Crippen molar-refractivity contribution in [2.75, 3.05) is 13.7 Å². The molecule has 3 rings (SSSR count). The van der Waals surface area contributed by atoms with Crippen LogP contribution in [0.4, 0.5) is 0 Å². The Kier molecular flexibility index (Phi) is 6.10. The van der Waals surface area contributed by atoms with Gasteiger partial charge >= 0.3 is 0 Å². The average molecular weight is 365 g/mol. The Morgan fingerprint density at radius 1 is 1.15 bits per heavy atom. The second-order valence-electron chi connectivity index (χ2n) is 6.04. The fraction of sp³-hybridized carbons (Fsp3) is 0.238. The Bertz CT molecular complexity index is 891. The van der Waals surface area contributed by atoms with E-state index in [0.29, 0.717) is 30.2 Å². The zero-order chi connectivity index (χ0) is 19.1. The second kappa shape index (κ2) is 8.89. The molecule has 1 aromatic heterocycles. The molecule has 1 heterocycles. The molecular formula is C21H23N3O3. The van der Waals surface area contributed by atoms with Crippen molar-refractivity contribution in [1.82, 2.24) is 14.9 Å². The number of aromatic nitrogens is 2. The highest BCUT2D eigenvalue weighted by Gasteiger charge is 2.11. The smallest absolute Gasteiger partial charge is 0.251 e. The van der Waals surface area contributed by atoms with E-state index in [2.05, 4.69) is 22.4 Å². The number of nitrogens with zero attached hydrogens (tertiary/aromatic N) is 2. The van der Waals surface area contributed by atoms with Gasteiger partial charge in [0.25, 0.3) is 5.91 Å². The Morgan fingerprint density at radius 2 is 2.00 bits per heavy atom. The van der Waals surface area contributed by atoms with Gasteiger partial charge in [0.2, 0.25) is 0 Å². The quantitative estimate of drug-likeness (QED) is 0.665. The van der Waals surface area contributed by atoms with E-state index in [1.807, 2.05) is 29.8 Å². The van der Waals surface area contributed by atoms with Crippen LogP contribution in [0.5, 0.6) is 11.5 Å². The predicted molar refractivity (Wildman–Crippen MR) is 103 cm³/mol. The van der Waals surface area contributed by atoms with Crippen LogP contribution in [0.1, 0.15) is 28.4 Å². The van der Waals surface area contributed by atoms with Crippen molar-refractivity contribution in [1.29, 1.82) is 0 Å². The highest BCUT2D eigenvalue weighted by atomic mass is 16.5. The van der Waals surface area contributed by atoms with Gasteiger partial charge in [-0.2, -0.15) is 0 Å². The molecule has 0 bridgehead atoms. The number of nitrogens with one attached hydrogen (secondary N) is 1. The van der Waals surface area contributed by atoms with Crippen LogP contribution in [0.3, 0.4) is 0 Å². The molecule has 0 aliphatic carbocycles. The molecule has 27 heavy (non-hydrogen) atoms. The van der Waals surface area contributed by atoms with E-state index >= 15 is 0 Å². The van der Waals surface area contributed by atoms with Crippen molar-refractivity contribution in [2.24, 2.45) is 0 Å². The number of hydrogen-bond donors (Lipinski definition) is 1. The maximum atomic E-state index is 12.5. The minimum atomic E-state index is -0.156. The molecule has 0 atom stereocenters. The van der Waals surface area contributed by atoms with E-state index < -0.39 is 0 Å². The lowest BCUT2D eigenvalue weighted by Gasteiger charge is -2.11. The van der Waals surface area contributed by atoms with Gasteiger partial charge in [0.05, 0.1) is 20.0 Å². The predicted octanol–water partition coefficient (Wildman–Crippen LogP) is 3.27. The number of rotatable bonds is 8. The van der Waals surface area contributed by atoms with Crippen LogP contribution in [-0.2, 0) is 13.1 Å². The lowest BCUT2D eigenvalue weighted by Crippen LogP contribution is -2.22. The third-order valence-corrected chi connectivity index (χ3v) is 4.09. The van der Waals surface area contributed by atoms with Gasteiger partial charge in [-0.15, -0.1) is 0 Å². The summed E-state index contributed by atoms with van der Waals surface area (Å²) in [5.41, 5.74) is 2.73. The minimum absolute atomic E-state index is 0.156. The molecule has 0 saturated carbocycles. The van der Waals surface area contributed by atoms with Gasteiger partial charge in [-0.25, -0.2) is 4.98 Å². The molecule has 0 radical (unpaired) electrons. The highest BCUT2D eigenvalue weighted by molar-refractivity contribution is 5.94.